The van der Waals surface area contributed by atoms with E-state index < -0.39 is 0 Å². The highest BCUT2D eigenvalue weighted by Crippen LogP contribution is 2.51. The van der Waals surface area contributed by atoms with Crippen molar-refractivity contribution >= 4 is 0 Å². The van der Waals surface area contributed by atoms with Gasteiger partial charge in [-0.15, -0.1) is 0 Å². The maximum absolute atomic E-state index is 6.00. The van der Waals surface area contributed by atoms with Crippen LogP contribution in [0, 0.1) is 11.3 Å². The number of hydrogen-bond donors (Lipinski definition) is 1. The van der Waals surface area contributed by atoms with Crippen LogP contribution in [0.1, 0.15) is 65.2 Å². The summed E-state index contributed by atoms with van der Waals surface area (Å²) in [6, 6.07) is 1.48. The lowest BCUT2D eigenvalue weighted by Crippen LogP contribution is -2.70. The molecule has 2 saturated carbocycles. The minimum Gasteiger partial charge on any atom is -0.377 e. The Bertz CT molecular complexity index is 281. The van der Waals surface area contributed by atoms with E-state index in [0.29, 0.717) is 17.6 Å². The monoisotopic (exact) mass is 251 g/mol. The van der Waals surface area contributed by atoms with Gasteiger partial charge in [0.15, 0.2) is 0 Å². The number of rotatable bonds is 2. The predicted octanol–water partition coefficient (Wildman–Crippen LogP) is 3.50. The van der Waals surface area contributed by atoms with E-state index in [1.807, 2.05) is 0 Å². The Balaban J connectivity index is 1.61. The van der Waals surface area contributed by atoms with Gasteiger partial charge in [0.2, 0.25) is 0 Å². The van der Waals surface area contributed by atoms with Crippen molar-refractivity contribution < 1.29 is 4.74 Å². The third-order valence-electron chi connectivity index (χ3n) is 5.60. The van der Waals surface area contributed by atoms with E-state index in [1.165, 1.54) is 51.4 Å². The van der Waals surface area contributed by atoms with Crippen LogP contribution in [0.15, 0.2) is 0 Å². The van der Waals surface area contributed by atoms with E-state index in [1.54, 1.807) is 0 Å². The van der Waals surface area contributed by atoms with Crippen LogP contribution in [0.3, 0.4) is 0 Å². The van der Waals surface area contributed by atoms with Crippen LogP contribution in [0.2, 0.25) is 0 Å². The fraction of sp³-hybridized carbons (Fsp3) is 1.00. The number of ether oxygens (including phenoxy) is 1. The summed E-state index contributed by atoms with van der Waals surface area (Å²) in [5.74, 6) is 0.789. The lowest BCUT2D eigenvalue weighted by Gasteiger charge is -2.61. The van der Waals surface area contributed by atoms with E-state index >= 15 is 0 Å². The second kappa shape index (κ2) is 5.13. The van der Waals surface area contributed by atoms with Crippen LogP contribution >= 0.6 is 0 Å². The average Bonchev–Trinajstić information content (AvgIpc) is 2.64. The highest BCUT2D eigenvalue weighted by Gasteiger charge is 2.57. The summed E-state index contributed by atoms with van der Waals surface area (Å²) in [6.07, 6.45) is 11.7. The van der Waals surface area contributed by atoms with E-state index in [-0.39, 0.29) is 0 Å². The molecule has 1 aliphatic heterocycles. The Kier molecular flexibility index (Phi) is 3.68. The normalized spacial score (nSPS) is 40.7. The Labute approximate surface area is 112 Å². The van der Waals surface area contributed by atoms with Gasteiger partial charge < -0.3 is 10.1 Å². The molecule has 0 spiro atoms. The summed E-state index contributed by atoms with van der Waals surface area (Å²) in [5.41, 5.74) is 0.345. The van der Waals surface area contributed by atoms with Gasteiger partial charge in [-0.2, -0.15) is 0 Å². The molecule has 2 aliphatic carbocycles. The fourth-order valence-corrected chi connectivity index (χ4v) is 4.56. The number of nitrogens with one attached hydrogen (secondary N) is 1. The van der Waals surface area contributed by atoms with Gasteiger partial charge in [-0.1, -0.05) is 39.5 Å². The van der Waals surface area contributed by atoms with Crippen LogP contribution in [0.4, 0.5) is 0 Å². The Hall–Kier alpha value is -0.0800. The van der Waals surface area contributed by atoms with Gasteiger partial charge in [-0.05, 0) is 25.7 Å². The number of hydrogen-bond acceptors (Lipinski definition) is 2. The lowest BCUT2D eigenvalue weighted by atomic mass is 9.55. The van der Waals surface area contributed by atoms with Gasteiger partial charge >= 0.3 is 0 Å². The maximum atomic E-state index is 6.00. The van der Waals surface area contributed by atoms with E-state index in [4.69, 9.17) is 4.74 Å². The molecule has 0 bridgehead atoms. The van der Waals surface area contributed by atoms with Crippen molar-refractivity contribution in [3.63, 3.8) is 0 Å². The standard InChI is InChI=1S/C16H29NO/c1-16(2)14(13-10-7-11-18-15(13)16)17-12-8-5-3-4-6-9-12/h12-15,17H,3-11H2,1-2H3. The zero-order valence-electron chi connectivity index (χ0n) is 12.1. The van der Waals surface area contributed by atoms with Crippen molar-refractivity contribution in [1.82, 2.24) is 5.32 Å². The van der Waals surface area contributed by atoms with E-state index in [9.17, 15) is 0 Å². The smallest absolute Gasteiger partial charge is 0.0684 e. The van der Waals surface area contributed by atoms with Crippen molar-refractivity contribution in [2.24, 2.45) is 11.3 Å². The zero-order valence-corrected chi connectivity index (χ0v) is 12.1. The molecule has 2 nitrogen and oxygen atoms in total. The third-order valence-corrected chi connectivity index (χ3v) is 5.60. The summed E-state index contributed by atoms with van der Waals surface area (Å²) in [4.78, 5) is 0. The first kappa shape index (κ1) is 12.9. The van der Waals surface area contributed by atoms with Crippen LogP contribution in [-0.2, 0) is 4.74 Å². The molecular weight excluding hydrogens is 222 g/mol. The molecule has 2 heteroatoms. The highest BCUT2D eigenvalue weighted by molar-refractivity contribution is 5.10. The molecule has 3 rings (SSSR count). The van der Waals surface area contributed by atoms with E-state index in [0.717, 1.165) is 18.6 Å². The minimum absolute atomic E-state index is 0.345. The Morgan fingerprint density at radius 1 is 0.944 bits per heavy atom. The maximum Gasteiger partial charge on any atom is 0.0684 e. The lowest BCUT2D eigenvalue weighted by molar-refractivity contribution is -0.194. The summed E-state index contributed by atoms with van der Waals surface area (Å²) in [6.45, 7) is 5.78. The second-order valence-electron chi connectivity index (χ2n) is 7.25. The topological polar surface area (TPSA) is 21.3 Å². The molecule has 3 aliphatic rings. The van der Waals surface area contributed by atoms with Gasteiger partial charge in [0.1, 0.15) is 0 Å². The van der Waals surface area contributed by atoms with E-state index in [2.05, 4.69) is 19.2 Å². The summed E-state index contributed by atoms with van der Waals surface area (Å²) in [5, 5.41) is 4.00. The van der Waals surface area contributed by atoms with Gasteiger partial charge in [-0.3, -0.25) is 0 Å². The van der Waals surface area contributed by atoms with Crippen LogP contribution in [-0.4, -0.2) is 24.8 Å². The number of fused-ring (bicyclic) bond motifs is 1. The first-order valence-electron chi connectivity index (χ1n) is 8.07. The molecule has 3 unspecified atom stereocenters. The van der Waals surface area contributed by atoms with Gasteiger partial charge in [0, 0.05) is 30.0 Å². The van der Waals surface area contributed by atoms with Crippen molar-refractivity contribution in [3.8, 4) is 0 Å². The molecule has 0 aromatic rings. The summed E-state index contributed by atoms with van der Waals surface area (Å²) >= 11 is 0. The molecule has 1 N–H and O–H groups in total. The third kappa shape index (κ3) is 2.22. The molecule has 0 radical (unpaired) electrons. The molecule has 3 fully saturated rings. The largest absolute Gasteiger partial charge is 0.377 e. The minimum atomic E-state index is 0.345. The van der Waals surface area contributed by atoms with Crippen LogP contribution < -0.4 is 5.32 Å². The molecule has 104 valence electrons. The summed E-state index contributed by atoms with van der Waals surface area (Å²) in [7, 11) is 0. The van der Waals surface area contributed by atoms with Crippen LogP contribution in [0.5, 0.6) is 0 Å². The molecule has 0 amide bonds. The fourth-order valence-electron chi connectivity index (χ4n) is 4.56. The zero-order chi connectivity index (χ0) is 12.6. The summed E-state index contributed by atoms with van der Waals surface area (Å²) < 4.78 is 6.00. The molecule has 1 heterocycles. The molecule has 1 saturated heterocycles. The second-order valence-corrected chi connectivity index (χ2v) is 7.25. The Morgan fingerprint density at radius 3 is 2.39 bits per heavy atom. The van der Waals surface area contributed by atoms with Gasteiger partial charge in [0.05, 0.1) is 6.10 Å². The van der Waals surface area contributed by atoms with Crippen molar-refractivity contribution in [2.45, 2.75) is 83.4 Å². The first-order valence-corrected chi connectivity index (χ1v) is 8.07. The van der Waals surface area contributed by atoms with Crippen LogP contribution in [0.25, 0.3) is 0 Å². The quantitative estimate of drug-likeness (QED) is 0.758. The SMILES string of the molecule is CC1(C)C(NC2CCCCCC2)C2CCCOC21. The molecule has 0 aromatic heterocycles. The molecular formula is C16H29NO. The first-order chi connectivity index (χ1) is 8.69. The van der Waals surface area contributed by atoms with Gasteiger partial charge in [-0.25, -0.2) is 0 Å². The Morgan fingerprint density at radius 2 is 1.67 bits per heavy atom. The van der Waals surface area contributed by atoms with Gasteiger partial charge in [0.25, 0.3) is 0 Å². The predicted molar refractivity (Wildman–Crippen MR) is 74.7 cm³/mol. The highest BCUT2D eigenvalue weighted by atomic mass is 16.5. The average molecular weight is 251 g/mol. The molecule has 3 atom stereocenters. The van der Waals surface area contributed by atoms with Crippen molar-refractivity contribution in [3.05, 3.63) is 0 Å². The van der Waals surface area contributed by atoms with Crippen molar-refractivity contribution in [1.29, 1.82) is 0 Å². The van der Waals surface area contributed by atoms with Crippen molar-refractivity contribution in [2.75, 3.05) is 6.61 Å². The molecule has 0 aromatic carbocycles. The molecule has 18 heavy (non-hydrogen) atoms.